The van der Waals surface area contributed by atoms with E-state index >= 15 is 0 Å². The van der Waals surface area contributed by atoms with E-state index in [1.165, 1.54) is 13.0 Å². The fourth-order valence-electron chi connectivity index (χ4n) is 3.06. The van der Waals surface area contributed by atoms with Crippen molar-refractivity contribution >= 4 is 34.9 Å². The van der Waals surface area contributed by atoms with Crippen LogP contribution in [0.4, 0.5) is 5.69 Å². The number of carbonyl (C=O) groups excluding carboxylic acids is 3. The number of esters is 1. The van der Waals surface area contributed by atoms with Gasteiger partial charge >= 0.3 is 5.97 Å². The van der Waals surface area contributed by atoms with E-state index < -0.39 is 17.9 Å². The number of ether oxygens (including phenoxy) is 1. The van der Waals surface area contributed by atoms with Gasteiger partial charge in [0.25, 0.3) is 0 Å². The van der Waals surface area contributed by atoms with Crippen molar-refractivity contribution < 1.29 is 19.1 Å². The van der Waals surface area contributed by atoms with E-state index in [1.807, 2.05) is 19.9 Å². The first-order valence-electron chi connectivity index (χ1n) is 10.4. The van der Waals surface area contributed by atoms with Gasteiger partial charge in [-0.2, -0.15) is 5.10 Å². The van der Waals surface area contributed by atoms with E-state index in [0.29, 0.717) is 17.1 Å². The van der Waals surface area contributed by atoms with Gasteiger partial charge in [-0.3, -0.25) is 9.59 Å². The van der Waals surface area contributed by atoms with Crippen LogP contribution in [0, 0.1) is 19.8 Å². The van der Waals surface area contributed by atoms with Gasteiger partial charge in [0, 0.05) is 22.9 Å². The highest BCUT2D eigenvalue weighted by Gasteiger charge is 2.24. The van der Waals surface area contributed by atoms with Gasteiger partial charge in [0.15, 0.2) is 17.6 Å². The molecular formula is C24H25ClN4O4. The Balaban J connectivity index is 1.72. The van der Waals surface area contributed by atoms with E-state index in [0.717, 1.165) is 11.4 Å². The van der Waals surface area contributed by atoms with Crippen molar-refractivity contribution in [3.05, 3.63) is 70.1 Å². The Morgan fingerprint density at radius 3 is 2.27 bits per heavy atom. The maximum absolute atomic E-state index is 12.7. The minimum atomic E-state index is -1.07. The molecule has 0 saturated heterocycles. The molecule has 172 valence electrons. The fraction of sp³-hybridized carbons (Fsp3) is 0.292. The molecule has 1 atom stereocenters. The summed E-state index contributed by atoms with van der Waals surface area (Å²) in [5.41, 5.74) is 2.47. The number of carbonyl (C=O) groups is 3. The van der Waals surface area contributed by atoms with Crippen LogP contribution in [0.5, 0.6) is 0 Å². The van der Waals surface area contributed by atoms with Crippen molar-refractivity contribution in [1.29, 1.82) is 0 Å². The molecule has 3 aromatic rings. The molecule has 0 bridgehead atoms. The standard InChI is InChI=1S/C24H25ClN4O4/c1-13(2)23(31)26-18-8-6-17(7-9-18)22(30)16(5)33-24(32)21-19(25)10-11-20(27-21)29-15(4)12-14(3)28-29/h6-13,16H,1-5H3,(H,26,31). The third kappa shape index (κ3) is 5.64. The molecule has 0 spiro atoms. The number of ketones is 1. The number of rotatable bonds is 7. The Morgan fingerprint density at radius 1 is 1.03 bits per heavy atom. The Bertz CT molecular complexity index is 1200. The summed E-state index contributed by atoms with van der Waals surface area (Å²) in [5, 5.41) is 7.21. The summed E-state index contributed by atoms with van der Waals surface area (Å²) < 4.78 is 6.95. The van der Waals surface area contributed by atoms with Crippen LogP contribution in [0.2, 0.25) is 5.02 Å². The van der Waals surface area contributed by atoms with E-state index in [1.54, 1.807) is 48.9 Å². The lowest BCUT2D eigenvalue weighted by atomic mass is 10.1. The van der Waals surface area contributed by atoms with Crippen molar-refractivity contribution in [1.82, 2.24) is 14.8 Å². The molecule has 0 saturated carbocycles. The second kappa shape index (κ2) is 9.95. The molecule has 3 rings (SSSR count). The van der Waals surface area contributed by atoms with Crippen LogP contribution in [-0.4, -0.2) is 38.5 Å². The van der Waals surface area contributed by atoms with Gasteiger partial charge in [-0.1, -0.05) is 25.4 Å². The first-order valence-corrected chi connectivity index (χ1v) is 10.8. The number of aromatic nitrogens is 3. The molecule has 0 aliphatic heterocycles. The fourth-order valence-corrected chi connectivity index (χ4v) is 3.25. The monoisotopic (exact) mass is 468 g/mol. The lowest BCUT2D eigenvalue weighted by Crippen LogP contribution is -2.25. The summed E-state index contributed by atoms with van der Waals surface area (Å²) in [4.78, 5) is 41.6. The molecule has 1 N–H and O–H groups in total. The number of benzene rings is 1. The third-order valence-corrected chi connectivity index (χ3v) is 5.17. The number of halogens is 1. The van der Waals surface area contributed by atoms with Gasteiger partial charge < -0.3 is 10.1 Å². The maximum Gasteiger partial charge on any atom is 0.359 e. The molecule has 1 aromatic carbocycles. The van der Waals surface area contributed by atoms with Crippen LogP contribution in [-0.2, 0) is 9.53 Å². The molecule has 2 aromatic heterocycles. The van der Waals surface area contributed by atoms with E-state index in [2.05, 4.69) is 15.4 Å². The molecule has 0 fully saturated rings. The molecule has 1 unspecified atom stereocenters. The number of hydrogen-bond acceptors (Lipinski definition) is 6. The van der Waals surface area contributed by atoms with Crippen LogP contribution >= 0.6 is 11.6 Å². The molecule has 0 radical (unpaired) electrons. The molecule has 1 amide bonds. The Labute approximate surface area is 196 Å². The minimum Gasteiger partial charge on any atom is -0.449 e. The highest BCUT2D eigenvalue weighted by Crippen LogP contribution is 2.20. The quantitative estimate of drug-likeness (QED) is 0.402. The van der Waals surface area contributed by atoms with Gasteiger partial charge in [-0.15, -0.1) is 0 Å². The van der Waals surface area contributed by atoms with Gasteiger partial charge in [0.2, 0.25) is 11.7 Å². The maximum atomic E-state index is 12.7. The summed E-state index contributed by atoms with van der Waals surface area (Å²) in [5.74, 6) is -1.08. The van der Waals surface area contributed by atoms with Gasteiger partial charge in [0.05, 0.1) is 10.7 Å². The number of aryl methyl sites for hydroxylation is 2. The molecular weight excluding hydrogens is 444 g/mol. The van der Waals surface area contributed by atoms with Crippen molar-refractivity contribution in [3.8, 4) is 5.82 Å². The zero-order chi connectivity index (χ0) is 24.3. The summed E-state index contributed by atoms with van der Waals surface area (Å²) in [6, 6.07) is 11.4. The Morgan fingerprint density at radius 2 is 1.70 bits per heavy atom. The average molecular weight is 469 g/mol. The number of nitrogens with zero attached hydrogens (tertiary/aromatic N) is 3. The highest BCUT2D eigenvalue weighted by atomic mass is 35.5. The first-order chi connectivity index (χ1) is 15.6. The second-order valence-electron chi connectivity index (χ2n) is 7.97. The lowest BCUT2D eigenvalue weighted by molar-refractivity contribution is -0.118. The van der Waals surface area contributed by atoms with E-state index in [-0.39, 0.29) is 22.5 Å². The third-order valence-electron chi connectivity index (χ3n) is 4.87. The molecule has 9 heteroatoms. The predicted molar refractivity (Wildman–Crippen MR) is 125 cm³/mol. The smallest absolute Gasteiger partial charge is 0.359 e. The number of amides is 1. The SMILES string of the molecule is Cc1cc(C)n(-c2ccc(Cl)c(C(=O)OC(C)C(=O)c3ccc(NC(=O)C(C)C)cc3)n2)n1. The number of nitrogens with one attached hydrogen (secondary N) is 1. The summed E-state index contributed by atoms with van der Waals surface area (Å²) in [6.07, 6.45) is -1.07. The number of pyridine rings is 1. The average Bonchev–Trinajstić information content (AvgIpc) is 3.11. The minimum absolute atomic E-state index is 0.104. The number of hydrogen-bond donors (Lipinski definition) is 1. The van der Waals surface area contributed by atoms with Crippen LogP contribution in [0.3, 0.4) is 0 Å². The van der Waals surface area contributed by atoms with Crippen LogP contribution in [0.15, 0.2) is 42.5 Å². The predicted octanol–water partition coefficient (Wildman–Crippen LogP) is 4.56. The molecule has 2 heterocycles. The van der Waals surface area contributed by atoms with Gasteiger partial charge in [0.1, 0.15) is 0 Å². The summed E-state index contributed by atoms with van der Waals surface area (Å²) in [6.45, 7) is 8.78. The van der Waals surface area contributed by atoms with Gasteiger partial charge in [-0.05, 0) is 63.2 Å². The van der Waals surface area contributed by atoms with Crippen LogP contribution in [0.25, 0.3) is 5.82 Å². The van der Waals surface area contributed by atoms with Crippen molar-refractivity contribution in [2.45, 2.75) is 40.7 Å². The van der Waals surface area contributed by atoms with Crippen molar-refractivity contribution in [2.24, 2.45) is 5.92 Å². The van der Waals surface area contributed by atoms with Gasteiger partial charge in [-0.25, -0.2) is 14.5 Å². The summed E-state index contributed by atoms with van der Waals surface area (Å²) >= 11 is 6.17. The van der Waals surface area contributed by atoms with Crippen LogP contribution < -0.4 is 5.32 Å². The number of anilines is 1. The molecule has 8 nitrogen and oxygen atoms in total. The molecule has 0 aliphatic carbocycles. The Kier molecular flexibility index (Phi) is 7.28. The lowest BCUT2D eigenvalue weighted by Gasteiger charge is -2.14. The van der Waals surface area contributed by atoms with Crippen molar-refractivity contribution in [2.75, 3.05) is 5.32 Å². The zero-order valence-electron chi connectivity index (χ0n) is 19.0. The number of Topliss-reactive ketones (excluding diaryl/α,β-unsaturated/α-hetero) is 1. The van der Waals surface area contributed by atoms with E-state index in [9.17, 15) is 14.4 Å². The first kappa shape index (κ1) is 24.1. The molecule has 0 aliphatic rings. The normalized spacial score (nSPS) is 11.8. The van der Waals surface area contributed by atoms with Crippen molar-refractivity contribution in [3.63, 3.8) is 0 Å². The van der Waals surface area contributed by atoms with E-state index in [4.69, 9.17) is 16.3 Å². The second-order valence-corrected chi connectivity index (χ2v) is 8.38. The topological polar surface area (TPSA) is 103 Å². The summed E-state index contributed by atoms with van der Waals surface area (Å²) in [7, 11) is 0. The Hall–Kier alpha value is -3.52. The molecule has 33 heavy (non-hydrogen) atoms. The highest BCUT2D eigenvalue weighted by molar-refractivity contribution is 6.33. The largest absolute Gasteiger partial charge is 0.449 e. The van der Waals surface area contributed by atoms with Crippen LogP contribution in [0.1, 0.15) is 53.0 Å². The zero-order valence-corrected chi connectivity index (χ0v) is 19.8.